The molecule has 0 rings (SSSR count). The van der Waals surface area contributed by atoms with E-state index >= 15 is 0 Å². The van der Waals surface area contributed by atoms with E-state index in [1.54, 1.807) is 0 Å². The van der Waals surface area contributed by atoms with Gasteiger partial charge in [-0.25, -0.2) is 9.13 Å². The first-order valence-corrected chi connectivity index (χ1v) is 43.6. The number of aliphatic hydroxyl groups is 1. The Hall–Kier alpha value is -1.94. The summed E-state index contributed by atoms with van der Waals surface area (Å²) in [5.41, 5.74) is 0. The van der Waals surface area contributed by atoms with Crippen LogP contribution in [-0.2, 0) is 65.4 Å². The van der Waals surface area contributed by atoms with Crippen LogP contribution in [0.25, 0.3) is 0 Å². The molecule has 5 atom stereocenters. The monoisotopic (exact) mass is 1420 g/mol. The molecule has 0 spiro atoms. The van der Waals surface area contributed by atoms with E-state index in [1.165, 1.54) is 231 Å². The van der Waals surface area contributed by atoms with E-state index in [-0.39, 0.29) is 25.7 Å². The second-order valence-corrected chi connectivity index (χ2v) is 31.5. The first-order chi connectivity index (χ1) is 47.0. The number of aliphatic hydroxyl groups excluding tert-OH is 1. The minimum Gasteiger partial charge on any atom is -0.462 e. The van der Waals surface area contributed by atoms with Crippen molar-refractivity contribution < 1.29 is 80.2 Å². The summed E-state index contributed by atoms with van der Waals surface area (Å²) in [6, 6.07) is 0. The van der Waals surface area contributed by atoms with Gasteiger partial charge in [0.25, 0.3) is 0 Å². The second kappa shape index (κ2) is 71.1. The Morgan fingerprint density at radius 1 is 0.278 bits per heavy atom. The van der Waals surface area contributed by atoms with Gasteiger partial charge in [-0.2, -0.15) is 0 Å². The van der Waals surface area contributed by atoms with Crippen LogP contribution in [0.15, 0.2) is 0 Å². The first kappa shape index (κ1) is 95.1. The van der Waals surface area contributed by atoms with Crippen molar-refractivity contribution in [1.82, 2.24) is 0 Å². The summed E-state index contributed by atoms with van der Waals surface area (Å²) in [5.74, 6) is -1.43. The summed E-state index contributed by atoms with van der Waals surface area (Å²) in [6.45, 7) is 7.23. The molecular formula is C78H152O17P2. The van der Waals surface area contributed by atoms with Crippen molar-refractivity contribution in [3.05, 3.63) is 0 Å². The van der Waals surface area contributed by atoms with Gasteiger partial charge < -0.3 is 33.8 Å². The highest BCUT2D eigenvalue weighted by atomic mass is 31.2. The van der Waals surface area contributed by atoms with Crippen molar-refractivity contribution in [2.24, 2.45) is 5.92 Å². The number of unbranched alkanes of at least 4 members (excludes halogenated alkanes) is 50. The number of ether oxygens (including phenoxy) is 4. The van der Waals surface area contributed by atoms with Gasteiger partial charge in [0.05, 0.1) is 26.4 Å². The molecule has 97 heavy (non-hydrogen) atoms. The Bertz CT molecular complexity index is 1860. The van der Waals surface area contributed by atoms with Gasteiger partial charge in [0.15, 0.2) is 12.2 Å². The lowest BCUT2D eigenvalue weighted by molar-refractivity contribution is -0.161. The van der Waals surface area contributed by atoms with E-state index in [2.05, 4.69) is 34.6 Å². The zero-order chi connectivity index (χ0) is 71.2. The maximum absolute atomic E-state index is 13.1. The topological polar surface area (TPSA) is 237 Å². The van der Waals surface area contributed by atoms with Crippen LogP contribution in [0.4, 0.5) is 0 Å². The van der Waals surface area contributed by atoms with E-state index < -0.39 is 97.5 Å². The van der Waals surface area contributed by atoms with Gasteiger partial charge in [-0.15, -0.1) is 0 Å². The van der Waals surface area contributed by atoms with Crippen LogP contribution in [0, 0.1) is 5.92 Å². The lowest BCUT2D eigenvalue weighted by atomic mass is 10.0. The molecule has 576 valence electrons. The van der Waals surface area contributed by atoms with Gasteiger partial charge in [0.1, 0.15) is 19.3 Å². The summed E-state index contributed by atoms with van der Waals surface area (Å²) in [7, 11) is -9.91. The van der Waals surface area contributed by atoms with Gasteiger partial charge in [0, 0.05) is 25.7 Å². The summed E-state index contributed by atoms with van der Waals surface area (Å²) in [4.78, 5) is 72.9. The largest absolute Gasteiger partial charge is 0.472 e. The normalized spacial score (nSPS) is 13.9. The average molecular weight is 1420 g/mol. The minimum absolute atomic E-state index is 0.107. The van der Waals surface area contributed by atoms with Gasteiger partial charge in [-0.05, 0) is 31.6 Å². The number of phosphoric ester groups is 2. The van der Waals surface area contributed by atoms with Crippen LogP contribution in [0.3, 0.4) is 0 Å². The highest BCUT2D eigenvalue weighted by Crippen LogP contribution is 2.45. The van der Waals surface area contributed by atoms with E-state index in [0.717, 1.165) is 96.3 Å². The fourth-order valence-electron chi connectivity index (χ4n) is 12.1. The molecule has 0 saturated heterocycles. The molecule has 0 aliphatic heterocycles. The van der Waals surface area contributed by atoms with Crippen molar-refractivity contribution >= 4 is 39.5 Å². The Labute approximate surface area is 594 Å². The van der Waals surface area contributed by atoms with Crippen molar-refractivity contribution in [1.29, 1.82) is 0 Å². The van der Waals surface area contributed by atoms with Gasteiger partial charge >= 0.3 is 39.5 Å². The molecule has 19 heteroatoms. The molecule has 0 aromatic carbocycles. The Balaban J connectivity index is 5.22. The van der Waals surface area contributed by atoms with Crippen LogP contribution >= 0.6 is 15.6 Å². The number of hydrogen-bond donors (Lipinski definition) is 3. The smallest absolute Gasteiger partial charge is 0.462 e. The predicted molar refractivity (Wildman–Crippen MR) is 395 cm³/mol. The molecule has 2 unspecified atom stereocenters. The number of rotatable bonds is 78. The Morgan fingerprint density at radius 3 is 0.701 bits per heavy atom. The zero-order valence-corrected chi connectivity index (χ0v) is 65.0. The van der Waals surface area contributed by atoms with E-state index in [9.17, 15) is 43.2 Å². The highest BCUT2D eigenvalue weighted by Gasteiger charge is 2.30. The van der Waals surface area contributed by atoms with E-state index in [1.807, 2.05) is 0 Å². The van der Waals surface area contributed by atoms with Crippen molar-refractivity contribution in [3.8, 4) is 0 Å². The van der Waals surface area contributed by atoms with E-state index in [0.29, 0.717) is 31.6 Å². The molecule has 0 fully saturated rings. The van der Waals surface area contributed by atoms with Crippen molar-refractivity contribution in [3.63, 3.8) is 0 Å². The summed E-state index contributed by atoms with van der Waals surface area (Å²) in [5, 5.41) is 10.6. The SMILES string of the molecule is CCCCCCCCCCCCCCCCCCCCCC(=O)O[C@H](COC(=O)CCCCCCCCCCCCCCCCC)COP(=O)(O)OC[C@@H](O)COP(=O)(O)OC[C@@H](COC(=O)CCCCCCCCC(C)C)OC(=O)CCCCCCCCCCCCCCCC. The van der Waals surface area contributed by atoms with Gasteiger partial charge in [-0.3, -0.25) is 37.3 Å². The van der Waals surface area contributed by atoms with Crippen molar-refractivity contribution in [2.45, 2.75) is 432 Å². The third-order valence-electron chi connectivity index (χ3n) is 18.3. The molecular weight excluding hydrogens is 1270 g/mol. The molecule has 0 radical (unpaired) electrons. The molecule has 17 nitrogen and oxygen atoms in total. The van der Waals surface area contributed by atoms with Crippen LogP contribution < -0.4 is 0 Å². The fraction of sp³-hybridized carbons (Fsp3) is 0.949. The summed E-state index contributed by atoms with van der Waals surface area (Å²) >= 11 is 0. The lowest BCUT2D eigenvalue weighted by Crippen LogP contribution is -2.30. The number of phosphoric acid groups is 2. The molecule has 0 aliphatic carbocycles. The number of esters is 4. The Kier molecular flexibility index (Phi) is 69.6. The van der Waals surface area contributed by atoms with Gasteiger partial charge in [-0.1, -0.05) is 362 Å². The molecule has 0 amide bonds. The standard InChI is InChI=1S/C78H152O17P2/c1-6-9-12-15-18-21-24-27-30-31-32-33-35-38-41-44-47-54-59-64-77(82)94-73(67-88-75(80)61-56-51-45-42-39-37-34-28-25-22-19-16-13-10-7-2)69-92-96(84,85)90-65-72(79)66-91-97(86,87)93-70-74(68-89-76(81)62-57-52-49-48-50-55-60-71(4)5)95-78(83)63-58-53-46-43-40-36-29-26-23-20-17-14-11-8-3/h71-74,79H,6-70H2,1-5H3,(H,84,85)(H,86,87)/t72-,73-,74-/m1/s1. The van der Waals surface area contributed by atoms with E-state index in [4.69, 9.17) is 37.0 Å². The van der Waals surface area contributed by atoms with Crippen molar-refractivity contribution in [2.75, 3.05) is 39.6 Å². The third kappa shape index (κ3) is 72.2. The Morgan fingerprint density at radius 2 is 0.474 bits per heavy atom. The second-order valence-electron chi connectivity index (χ2n) is 28.6. The quantitative estimate of drug-likeness (QED) is 0.0222. The molecule has 0 aromatic rings. The lowest BCUT2D eigenvalue weighted by Gasteiger charge is -2.21. The maximum atomic E-state index is 13.1. The minimum atomic E-state index is -4.96. The predicted octanol–water partition coefficient (Wildman–Crippen LogP) is 23.3. The zero-order valence-electron chi connectivity index (χ0n) is 63.2. The first-order valence-electron chi connectivity index (χ1n) is 40.6. The molecule has 3 N–H and O–H groups in total. The number of hydrogen-bond acceptors (Lipinski definition) is 15. The van der Waals surface area contributed by atoms with Crippen LogP contribution in [-0.4, -0.2) is 96.7 Å². The van der Waals surface area contributed by atoms with Crippen LogP contribution in [0.2, 0.25) is 0 Å². The van der Waals surface area contributed by atoms with Crippen LogP contribution in [0.5, 0.6) is 0 Å². The highest BCUT2D eigenvalue weighted by molar-refractivity contribution is 7.47. The molecule has 0 saturated carbocycles. The fourth-order valence-corrected chi connectivity index (χ4v) is 13.6. The average Bonchev–Trinajstić information content (AvgIpc) is 2.78. The summed E-state index contributed by atoms with van der Waals surface area (Å²) < 4.78 is 68.6. The molecule has 0 bridgehead atoms. The number of carbonyl (C=O) groups excluding carboxylic acids is 4. The van der Waals surface area contributed by atoms with Crippen LogP contribution in [0.1, 0.15) is 413 Å². The molecule has 0 aromatic heterocycles. The number of carbonyl (C=O) groups is 4. The molecule has 0 aliphatic rings. The maximum Gasteiger partial charge on any atom is 0.472 e. The summed E-state index contributed by atoms with van der Waals surface area (Å²) in [6.07, 6.45) is 61.2. The van der Waals surface area contributed by atoms with Gasteiger partial charge in [0.2, 0.25) is 0 Å². The molecule has 0 heterocycles. The third-order valence-corrected chi connectivity index (χ3v) is 20.2.